The zero-order chi connectivity index (χ0) is 14.8. The quantitative estimate of drug-likeness (QED) is 0.800. The Morgan fingerprint density at radius 2 is 1.95 bits per heavy atom. The molecule has 2 aromatic heterocycles. The molecule has 0 aliphatic heterocycles. The van der Waals surface area contributed by atoms with Crippen LogP contribution in [0.15, 0.2) is 36.5 Å². The van der Waals surface area contributed by atoms with E-state index in [1.807, 2.05) is 44.2 Å². The SMILES string of the molecule is CC(C)c1nnsc1C(O)c1cnnn1-c1ccccc1. The van der Waals surface area contributed by atoms with Gasteiger partial charge in [-0.15, -0.1) is 10.2 Å². The van der Waals surface area contributed by atoms with Gasteiger partial charge in [0, 0.05) is 0 Å². The van der Waals surface area contributed by atoms with Crippen LogP contribution in [0.3, 0.4) is 0 Å². The lowest BCUT2D eigenvalue weighted by Crippen LogP contribution is -2.09. The molecule has 7 heteroatoms. The van der Waals surface area contributed by atoms with Crippen LogP contribution in [0.5, 0.6) is 0 Å². The first-order valence-corrected chi connectivity index (χ1v) is 7.42. The maximum atomic E-state index is 10.7. The lowest BCUT2D eigenvalue weighted by Gasteiger charge is -2.12. The summed E-state index contributed by atoms with van der Waals surface area (Å²) in [6, 6.07) is 9.60. The van der Waals surface area contributed by atoms with Crippen LogP contribution in [-0.4, -0.2) is 29.7 Å². The van der Waals surface area contributed by atoms with Crippen molar-refractivity contribution in [3.63, 3.8) is 0 Å². The van der Waals surface area contributed by atoms with E-state index in [2.05, 4.69) is 19.9 Å². The molecule has 0 saturated carbocycles. The number of rotatable bonds is 4. The molecular weight excluding hydrogens is 286 g/mol. The Bertz CT molecular complexity index is 722. The Balaban J connectivity index is 2.02. The van der Waals surface area contributed by atoms with Crippen molar-refractivity contribution in [1.82, 2.24) is 24.6 Å². The Labute approximate surface area is 126 Å². The van der Waals surface area contributed by atoms with Gasteiger partial charge >= 0.3 is 0 Å². The number of hydrogen-bond donors (Lipinski definition) is 1. The van der Waals surface area contributed by atoms with Gasteiger partial charge in [-0.3, -0.25) is 0 Å². The van der Waals surface area contributed by atoms with Crippen molar-refractivity contribution < 1.29 is 5.11 Å². The predicted octanol–water partition coefficient (Wildman–Crippen LogP) is 2.32. The minimum absolute atomic E-state index is 0.203. The zero-order valence-electron chi connectivity index (χ0n) is 11.7. The first kappa shape index (κ1) is 13.8. The third kappa shape index (κ3) is 2.57. The summed E-state index contributed by atoms with van der Waals surface area (Å²) in [7, 11) is 0. The van der Waals surface area contributed by atoms with Gasteiger partial charge in [0.25, 0.3) is 0 Å². The van der Waals surface area contributed by atoms with Crippen LogP contribution in [0.1, 0.15) is 42.1 Å². The summed E-state index contributed by atoms with van der Waals surface area (Å²) < 4.78 is 5.59. The lowest BCUT2D eigenvalue weighted by atomic mass is 10.1. The van der Waals surface area contributed by atoms with E-state index >= 15 is 0 Å². The number of aliphatic hydroxyl groups is 1. The van der Waals surface area contributed by atoms with Crippen molar-refractivity contribution >= 4 is 11.5 Å². The summed E-state index contributed by atoms with van der Waals surface area (Å²) in [5.74, 6) is 0.203. The Hall–Kier alpha value is -2.12. The summed E-state index contributed by atoms with van der Waals surface area (Å²) in [5, 5.41) is 22.8. The van der Waals surface area contributed by atoms with Crippen molar-refractivity contribution in [2.75, 3.05) is 0 Å². The molecule has 2 heterocycles. The Morgan fingerprint density at radius 3 is 2.67 bits per heavy atom. The molecule has 3 aromatic rings. The highest BCUT2D eigenvalue weighted by Crippen LogP contribution is 2.31. The first-order chi connectivity index (χ1) is 10.2. The van der Waals surface area contributed by atoms with E-state index in [4.69, 9.17) is 0 Å². The predicted molar refractivity (Wildman–Crippen MR) is 79.4 cm³/mol. The van der Waals surface area contributed by atoms with Gasteiger partial charge < -0.3 is 5.11 Å². The van der Waals surface area contributed by atoms with Gasteiger partial charge in [-0.1, -0.05) is 41.7 Å². The lowest BCUT2D eigenvalue weighted by molar-refractivity contribution is 0.214. The molecule has 0 aliphatic rings. The standard InChI is InChI=1S/C14H15N5OS/c1-9(2)12-14(21-18-16-12)13(20)11-8-15-17-19(11)10-6-4-3-5-7-10/h3-9,13,20H,1-2H3. The van der Waals surface area contributed by atoms with E-state index in [9.17, 15) is 5.11 Å². The summed E-state index contributed by atoms with van der Waals surface area (Å²) in [5.41, 5.74) is 2.27. The molecule has 0 amide bonds. The van der Waals surface area contributed by atoms with Crippen LogP contribution in [0.25, 0.3) is 5.69 Å². The number of aliphatic hydroxyl groups excluding tert-OH is 1. The highest BCUT2D eigenvalue weighted by Gasteiger charge is 2.24. The highest BCUT2D eigenvalue weighted by atomic mass is 32.1. The fraction of sp³-hybridized carbons (Fsp3) is 0.286. The molecule has 21 heavy (non-hydrogen) atoms. The summed E-state index contributed by atoms with van der Waals surface area (Å²) in [4.78, 5) is 0.740. The minimum Gasteiger partial charge on any atom is -0.381 e. The third-order valence-electron chi connectivity index (χ3n) is 3.19. The molecule has 1 atom stereocenters. The Kier molecular flexibility index (Phi) is 3.76. The molecule has 1 unspecified atom stereocenters. The van der Waals surface area contributed by atoms with Crippen LogP contribution >= 0.6 is 11.5 Å². The molecular formula is C14H15N5OS. The van der Waals surface area contributed by atoms with E-state index in [1.54, 1.807) is 10.9 Å². The molecule has 1 aromatic carbocycles. The third-order valence-corrected chi connectivity index (χ3v) is 3.98. The van der Waals surface area contributed by atoms with Crippen molar-refractivity contribution in [2.45, 2.75) is 25.9 Å². The fourth-order valence-corrected chi connectivity index (χ4v) is 2.94. The van der Waals surface area contributed by atoms with Gasteiger partial charge in [0.05, 0.1) is 28.1 Å². The topological polar surface area (TPSA) is 76.7 Å². The normalized spacial score (nSPS) is 12.8. The molecule has 0 aliphatic carbocycles. The van der Waals surface area contributed by atoms with Crippen LogP contribution < -0.4 is 0 Å². The second kappa shape index (κ2) is 5.71. The fourth-order valence-electron chi connectivity index (χ4n) is 2.13. The largest absolute Gasteiger partial charge is 0.381 e. The van der Waals surface area contributed by atoms with Crippen LogP contribution in [0, 0.1) is 0 Å². The van der Waals surface area contributed by atoms with Gasteiger partial charge in [-0.2, -0.15) is 0 Å². The maximum Gasteiger partial charge on any atom is 0.135 e. The van der Waals surface area contributed by atoms with Crippen molar-refractivity contribution in [1.29, 1.82) is 0 Å². The molecule has 0 radical (unpaired) electrons. The number of para-hydroxylation sites is 1. The van der Waals surface area contributed by atoms with Gasteiger partial charge in [-0.25, -0.2) is 4.68 Å². The molecule has 108 valence electrons. The smallest absolute Gasteiger partial charge is 0.135 e. The van der Waals surface area contributed by atoms with Gasteiger partial charge in [-0.05, 0) is 29.6 Å². The number of hydrogen-bond acceptors (Lipinski definition) is 6. The summed E-state index contributed by atoms with van der Waals surface area (Å²) in [6.45, 7) is 4.05. The first-order valence-electron chi connectivity index (χ1n) is 6.64. The number of aromatic nitrogens is 5. The maximum absolute atomic E-state index is 10.7. The molecule has 6 nitrogen and oxygen atoms in total. The van der Waals surface area contributed by atoms with Gasteiger partial charge in [0.1, 0.15) is 6.10 Å². The van der Waals surface area contributed by atoms with E-state index in [1.165, 1.54) is 11.5 Å². The molecule has 3 rings (SSSR count). The van der Waals surface area contributed by atoms with Crippen molar-refractivity contribution in [3.8, 4) is 5.69 Å². The second-order valence-corrected chi connectivity index (χ2v) is 5.77. The number of benzene rings is 1. The zero-order valence-corrected chi connectivity index (χ0v) is 12.5. The highest BCUT2D eigenvalue weighted by molar-refractivity contribution is 7.05. The van der Waals surface area contributed by atoms with Gasteiger partial charge in [0.2, 0.25) is 0 Å². The average molecular weight is 301 g/mol. The molecule has 0 spiro atoms. The number of nitrogens with zero attached hydrogens (tertiary/aromatic N) is 5. The summed E-state index contributed by atoms with van der Waals surface area (Å²) in [6.07, 6.45) is 0.735. The average Bonchev–Trinajstić information content (AvgIpc) is 3.16. The molecule has 1 N–H and O–H groups in total. The molecule has 0 bridgehead atoms. The monoisotopic (exact) mass is 301 g/mol. The van der Waals surface area contributed by atoms with Crippen LogP contribution in [-0.2, 0) is 0 Å². The Morgan fingerprint density at radius 1 is 1.19 bits per heavy atom. The van der Waals surface area contributed by atoms with E-state index < -0.39 is 6.10 Å². The minimum atomic E-state index is -0.836. The second-order valence-electron chi connectivity index (χ2n) is 4.99. The van der Waals surface area contributed by atoms with E-state index in [-0.39, 0.29) is 5.92 Å². The van der Waals surface area contributed by atoms with E-state index in [0.29, 0.717) is 5.69 Å². The van der Waals surface area contributed by atoms with Crippen LogP contribution in [0.2, 0.25) is 0 Å². The summed E-state index contributed by atoms with van der Waals surface area (Å²) >= 11 is 1.21. The molecule has 0 fully saturated rings. The van der Waals surface area contributed by atoms with Crippen molar-refractivity contribution in [3.05, 3.63) is 52.8 Å². The van der Waals surface area contributed by atoms with E-state index in [0.717, 1.165) is 16.3 Å². The molecule has 0 saturated heterocycles. The van der Waals surface area contributed by atoms with Gasteiger partial charge in [0.15, 0.2) is 0 Å². The van der Waals surface area contributed by atoms with Crippen LogP contribution in [0.4, 0.5) is 0 Å². The van der Waals surface area contributed by atoms with Crippen molar-refractivity contribution in [2.24, 2.45) is 0 Å².